The molecule has 2 aromatic rings. The van der Waals surface area contributed by atoms with Gasteiger partial charge >= 0.3 is 0 Å². The van der Waals surface area contributed by atoms with Gasteiger partial charge in [-0.1, -0.05) is 11.6 Å². The summed E-state index contributed by atoms with van der Waals surface area (Å²) in [4.78, 5) is -0.552. The molecule has 0 aliphatic rings. The second-order valence-corrected chi connectivity index (χ2v) is 6.09. The summed E-state index contributed by atoms with van der Waals surface area (Å²) in [5.41, 5.74) is 0.0246. The molecule has 0 fully saturated rings. The zero-order valence-electron chi connectivity index (χ0n) is 10.7. The number of ether oxygens (including phenoxy) is 1. The van der Waals surface area contributed by atoms with Crippen LogP contribution in [0.15, 0.2) is 41.3 Å². The van der Waals surface area contributed by atoms with Crippen LogP contribution in [-0.4, -0.2) is 15.5 Å². The fraction of sp³-hybridized carbons (Fsp3) is 0.0769. The number of methoxy groups -OCH3 is 1. The topological polar surface area (TPSA) is 55.4 Å². The van der Waals surface area contributed by atoms with E-state index in [0.717, 1.165) is 24.3 Å². The third-order valence-electron chi connectivity index (χ3n) is 2.60. The molecule has 21 heavy (non-hydrogen) atoms. The van der Waals surface area contributed by atoms with Crippen molar-refractivity contribution in [2.45, 2.75) is 4.90 Å². The van der Waals surface area contributed by atoms with Crippen molar-refractivity contribution in [2.75, 3.05) is 11.8 Å². The van der Waals surface area contributed by atoms with Crippen LogP contribution in [0.3, 0.4) is 0 Å². The van der Waals surface area contributed by atoms with Crippen LogP contribution >= 0.6 is 11.6 Å². The molecular formula is C13H10ClF2NO3S. The van der Waals surface area contributed by atoms with Gasteiger partial charge in [0.1, 0.15) is 22.3 Å². The van der Waals surface area contributed by atoms with Crippen LogP contribution in [0, 0.1) is 11.6 Å². The number of anilines is 1. The van der Waals surface area contributed by atoms with Crippen molar-refractivity contribution in [3.05, 3.63) is 53.1 Å². The van der Waals surface area contributed by atoms with E-state index in [-0.39, 0.29) is 16.5 Å². The molecule has 2 aromatic carbocycles. The van der Waals surface area contributed by atoms with Crippen LogP contribution in [0.2, 0.25) is 5.02 Å². The zero-order chi connectivity index (χ0) is 15.6. The number of nitrogens with one attached hydrogen (secondary N) is 1. The van der Waals surface area contributed by atoms with Crippen LogP contribution in [0.25, 0.3) is 0 Å². The lowest BCUT2D eigenvalue weighted by atomic mass is 10.3. The highest BCUT2D eigenvalue weighted by Gasteiger charge is 2.20. The number of hydrogen-bond acceptors (Lipinski definition) is 3. The smallest absolute Gasteiger partial charge is 0.264 e. The van der Waals surface area contributed by atoms with Gasteiger partial charge in [-0.05, 0) is 30.3 Å². The van der Waals surface area contributed by atoms with Gasteiger partial charge in [0, 0.05) is 6.07 Å². The predicted octanol–water partition coefficient (Wildman–Crippen LogP) is 3.43. The molecule has 0 heterocycles. The van der Waals surface area contributed by atoms with E-state index in [4.69, 9.17) is 16.3 Å². The molecule has 0 amide bonds. The fourth-order valence-corrected chi connectivity index (χ4v) is 2.89. The van der Waals surface area contributed by atoms with Crippen molar-refractivity contribution in [1.29, 1.82) is 0 Å². The molecule has 0 aromatic heterocycles. The second-order valence-electron chi connectivity index (χ2n) is 4.03. The first-order chi connectivity index (χ1) is 9.83. The van der Waals surface area contributed by atoms with E-state index in [0.29, 0.717) is 0 Å². The molecule has 2 rings (SSSR count). The summed E-state index contributed by atoms with van der Waals surface area (Å²) in [6.07, 6.45) is 0. The molecule has 0 aliphatic heterocycles. The maximum atomic E-state index is 13.8. The summed E-state index contributed by atoms with van der Waals surface area (Å²) in [5.74, 6) is -1.46. The molecule has 0 atom stereocenters. The molecule has 8 heteroatoms. The summed E-state index contributed by atoms with van der Waals surface area (Å²) in [6.45, 7) is 0. The Balaban J connectivity index is 2.36. The average Bonchev–Trinajstić information content (AvgIpc) is 2.42. The van der Waals surface area contributed by atoms with Gasteiger partial charge in [-0.15, -0.1) is 0 Å². The van der Waals surface area contributed by atoms with E-state index in [1.165, 1.54) is 19.2 Å². The summed E-state index contributed by atoms with van der Waals surface area (Å²) in [6, 6.07) is 6.61. The first kappa shape index (κ1) is 15.5. The van der Waals surface area contributed by atoms with Crippen molar-refractivity contribution in [1.82, 2.24) is 0 Å². The largest absolute Gasteiger partial charge is 0.497 e. The number of rotatable bonds is 4. The van der Waals surface area contributed by atoms with Crippen molar-refractivity contribution >= 4 is 27.3 Å². The molecule has 0 saturated carbocycles. The van der Waals surface area contributed by atoms with E-state index in [1.807, 2.05) is 0 Å². The van der Waals surface area contributed by atoms with Crippen LogP contribution in [-0.2, 0) is 10.0 Å². The summed E-state index contributed by atoms with van der Waals surface area (Å²) < 4.78 is 57.9. The normalized spacial score (nSPS) is 11.2. The molecule has 0 unspecified atom stereocenters. The third kappa shape index (κ3) is 3.43. The van der Waals surface area contributed by atoms with E-state index in [2.05, 4.69) is 4.72 Å². The van der Waals surface area contributed by atoms with Gasteiger partial charge in [-0.25, -0.2) is 17.2 Å². The molecule has 1 N–H and O–H groups in total. The number of sulfonamides is 1. The van der Waals surface area contributed by atoms with Crippen LogP contribution in [0.5, 0.6) is 5.75 Å². The molecule has 0 spiro atoms. The van der Waals surface area contributed by atoms with Gasteiger partial charge in [0.15, 0.2) is 0 Å². The minimum absolute atomic E-state index is 0.0246. The van der Waals surface area contributed by atoms with Gasteiger partial charge in [-0.2, -0.15) is 0 Å². The average molecular weight is 334 g/mol. The number of benzene rings is 2. The molecule has 0 aliphatic carbocycles. The second kappa shape index (κ2) is 5.87. The fourth-order valence-electron chi connectivity index (χ4n) is 1.60. The Morgan fingerprint density at radius 3 is 2.38 bits per heavy atom. The van der Waals surface area contributed by atoms with Gasteiger partial charge in [0.05, 0.1) is 17.8 Å². The van der Waals surface area contributed by atoms with E-state index in [1.54, 1.807) is 0 Å². The van der Waals surface area contributed by atoms with Crippen molar-refractivity contribution in [3.8, 4) is 5.75 Å². The highest BCUT2D eigenvalue weighted by Crippen LogP contribution is 2.25. The molecule has 112 valence electrons. The maximum absolute atomic E-state index is 13.8. The minimum Gasteiger partial charge on any atom is -0.497 e. The maximum Gasteiger partial charge on any atom is 0.264 e. The Bertz CT molecular complexity index is 781. The first-order valence-electron chi connectivity index (χ1n) is 5.65. The number of hydrogen-bond donors (Lipinski definition) is 1. The van der Waals surface area contributed by atoms with Crippen LogP contribution in [0.1, 0.15) is 0 Å². The lowest BCUT2D eigenvalue weighted by Gasteiger charge is -2.10. The molecule has 0 saturated heterocycles. The van der Waals surface area contributed by atoms with Crippen LogP contribution in [0.4, 0.5) is 14.5 Å². The van der Waals surface area contributed by atoms with Gasteiger partial charge in [-0.3, -0.25) is 4.72 Å². The molecular weight excluding hydrogens is 324 g/mol. The highest BCUT2D eigenvalue weighted by atomic mass is 35.5. The Morgan fingerprint density at radius 2 is 1.81 bits per heavy atom. The zero-order valence-corrected chi connectivity index (χ0v) is 12.3. The van der Waals surface area contributed by atoms with E-state index in [9.17, 15) is 17.2 Å². The van der Waals surface area contributed by atoms with Gasteiger partial charge in [0.2, 0.25) is 0 Å². The molecule has 4 nitrogen and oxygen atoms in total. The lowest BCUT2D eigenvalue weighted by molar-refractivity contribution is 0.410. The van der Waals surface area contributed by atoms with Crippen molar-refractivity contribution in [3.63, 3.8) is 0 Å². The van der Waals surface area contributed by atoms with Gasteiger partial charge < -0.3 is 4.74 Å². The summed E-state index contributed by atoms with van der Waals surface area (Å²) in [7, 11) is -2.83. The van der Waals surface area contributed by atoms with E-state index >= 15 is 0 Å². The molecule has 0 radical (unpaired) electrons. The SMILES string of the molecule is COc1ccc(S(=O)(=O)Nc2ccc(F)c(Cl)c2)c(F)c1. The highest BCUT2D eigenvalue weighted by molar-refractivity contribution is 7.92. The standard InChI is InChI=1S/C13H10ClF2NO3S/c1-20-9-3-5-13(12(16)7-9)21(18,19)17-8-2-4-11(15)10(14)6-8/h2-7,17H,1H3. The van der Waals surface area contributed by atoms with E-state index < -0.39 is 26.6 Å². The lowest BCUT2D eigenvalue weighted by Crippen LogP contribution is -2.14. The van der Waals surface area contributed by atoms with Crippen molar-refractivity contribution < 1.29 is 21.9 Å². The Labute approximate surface area is 125 Å². The molecule has 0 bridgehead atoms. The number of halogens is 3. The third-order valence-corrected chi connectivity index (χ3v) is 4.30. The summed E-state index contributed by atoms with van der Waals surface area (Å²) in [5, 5.41) is -0.245. The first-order valence-corrected chi connectivity index (χ1v) is 7.51. The van der Waals surface area contributed by atoms with Crippen LogP contribution < -0.4 is 9.46 Å². The quantitative estimate of drug-likeness (QED) is 0.932. The predicted molar refractivity (Wildman–Crippen MR) is 75.2 cm³/mol. The van der Waals surface area contributed by atoms with Gasteiger partial charge in [0.25, 0.3) is 10.0 Å². The Kier molecular flexibility index (Phi) is 4.34. The Hall–Kier alpha value is -1.86. The Morgan fingerprint density at radius 1 is 1.10 bits per heavy atom. The minimum atomic E-state index is -4.16. The summed E-state index contributed by atoms with van der Waals surface area (Å²) >= 11 is 5.56. The monoisotopic (exact) mass is 333 g/mol. The van der Waals surface area contributed by atoms with Crippen molar-refractivity contribution in [2.24, 2.45) is 0 Å².